The second kappa shape index (κ2) is 56.1. The number of hydrogen-bond acceptors (Lipinski definition) is 34. The number of esters is 2. The molecule has 0 heterocycles. The maximum atomic E-state index is 12.8. The Morgan fingerprint density at radius 1 is 0.333 bits per heavy atom. The molecule has 40 heteroatoms. The van der Waals surface area contributed by atoms with Gasteiger partial charge in [-0.15, -0.1) is 0 Å². The third-order valence-corrected chi connectivity index (χ3v) is 22.1. The number of ketones is 2. The third kappa shape index (κ3) is 41.2. The SMILES string of the molecule is C#COP(=O)(OCC)OCC(CCC(=O)c1ccccc1O)OP(=O)(OCC)OCC.C#COP(=O)(OCC)OCC(COC(=O)c1ccccc1O)OP(=O)(OCC)OCC.CCOP(=O)(OCC)OCCCCCC(=O)c1ccccc1O.CCOP(=O)(OCC)OCCCCOC(=O)c1ccccc1O. The first-order chi connectivity index (χ1) is 51.5. The van der Waals surface area contributed by atoms with Crippen molar-refractivity contribution in [3.8, 4) is 48.1 Å². The van der Waals surface area contributed by atoms with Crippen LogP contribution in [0.3, 0.4) is 0 Å². The Kier molecular flexibility index (Phi) is 51.9. The van der Waals surface area contributed by atoms with E-state index < -0.39 is 90.9 Å². The number of carbonyl (C=O) groups is 4. The van der Waals surface area contributed by atoms with Crippen LogP contribution in [-0.4, -0.2) is 162 Å². The number of terminal acetylenes is 2. The number of Topliss-reactive ketones (excluding diaryl/α,β-unsaturated/α-hetero) is 2. The van der Waals surface area contributed by atoms with Crippen molar-refractivity contribution >= 4 is 70.4 Å². The van der Waals surface area contributed by atoms with Gasteiger partial charge in [0.25, 0.3) is 0 Å². The standard InChI is InChI=1S/C19H28O10P2.C18H26O11P2.C16H25O6P.C15H23O7P/c1-5-24-30(22,25-6-2)28-15-16(29-31(23,26-7-3)27-8-4)13-14-19(21)17-11-9-10-12-18(17)20;1-5-24-30(21,25-6-2)28-14-15(29-31(22,26-7-3)27-8-4)13-23-18(20)16-11-9-10-12-17(16)19;1-3-20-23(19,21-4-2)22-13-9-5-6-11-15(17)14-10-7-8-12-16(14)18;1-3-20-23(18,21-4-2)22-12-8-7-11-19-15(17)13-9-5-6-10-14(13)16/h1,9-12,16,20H,6-8,13-15H2,2-4H3;1,9-12,15,19H,6-8,13-14H2,2-4H3;7-8,10,12,18H,3-6,9,11,13H2,1-2H3;5-6,9-10,16H,3-4,7-8,11-12H2,1-2H3. The second-order valence-corrected chi connectivity index (χ2v) is 30.5. The molecule has 0 radical (unpaired) electrons. The molecule has 108 heavy (non-hydrogen) atoms. The summed E-state index contributed by atoms with van der Waals surface area (Å²) in [6, 6.07) is 24.5. The second-order valence-electron chi connectivity index (χ2n) is 20.7. The first-order valence-corrected chi connectivity index (χ1v) is 43.1. The van der Waals surface area contributed by atoms with Gasteiger partial charge in [-0.25, -0.2) is 37.0 Å². The van der Waals surface area contributed by atoms with Gasteiger partial charge in [-0.1, -0.05) is 67.8 Å². The smallest absolute Gasteiger partial charge is 0.507 e. The number of benzene rings is 4. The molecule has 0 aliphatic rings. The molecule has 0 aliphatic carbocycles. The van der Waals surface area contributed by atoms with E-state index in [1.807, 2.05) is 0 Å². The van der Waals surface area contributed by atoms with E-state index in [0.717, 1.165) is 6.42 Å². The average Bonchev–Trinajstić information content (AvgIpc) is 0.858. The van der Waals surface area contributed by atoms with Crippen LogP contribution in [0.2, 0.25) is 0 Å². The van der Waals surface area contributed by atoms with Gasteiger partial charge >= 0.3 is 58.9 Å². The summed E-state index contributed by atoms with van der Waals surface area (Å²) in [6.45, 7) is 16.4. The first-order valence-electron chi connectivity index (χ1n) is 34.3. The van der Waals surface area contributed by atoms with Gasteiger partial charge < -0.3 is 38.9 Å². The zero-order valence-corrected chi connectivity index (χ0v) is 67.6. The molecule has 0 saturated carbocycles. The van der Waals surface area contributed by atoms with Crippen LogP contribution in [0.5, 0.6) is 23.0 Å². The van der Waals surface area contributed by atoms with Crippen molar-refractivity contribution in [2.24, 2.45) is 0 Å². The summed E-state index contributed by atoms with van der Waals surface area (Å²) in [5, 5.41) is 38.8. The Morgan fingerprint density at radius 3 is 0.991 bits per heavy atom. The van der Waals surface area contributed by atoms with Gasteiger partial charge in [-0.2, -0.15) is 0 Å². The van der Waals surface area contributed by atoms with Crippen LogP contribution in [-0.2, 0) is 118 Å². The highest BCUT2D eigenvalue weighted by Gasteiger charge is 2.37. The molecule has 0 bridgehead atoms. The summed E-state index contributed by atoms with van der Waals surface area (Å²) in [4.78, 5) is 48.4. The molecule has 0 spiro atoms. The van der Waals surface area contributed by atoms with Crippen LogP contribution < -0.4 is 0 Å². The molecular weight excluding hydrogens is 1550 g/mol. The van der Waals surface area contributed by atoms with Crippen molar-refractivity contribution in [3.63, 3.8) is 0 Å². The van der Waals surface area contributed by atoms with Crippen molar-refractivity contribution in [2.45, 2.75) is 133 Å². The summed E-state index contributed by atoms with van der Waals surface area (Å²) in [5.41, 5.74) is 0.494. The van der Waals surface area contributed by atoms with Crippen LogP contribution in [0.4, 0.5) is 0 Å². The first kappa shape index (κ1) is 99.8. The maximum Gasteiger partial charge on any atom is 0.538 e. The largest absolute Gasteiger partial charge is 0.538 e. The summed E-state index contributed by atoms with van der Waals surface area (Å²) in [7, 11) is -23.2. The molecular formula is C68H102O34P6. The lowest BCUT2D eigenvalue weighted by Crippen LogP contribution is -2.27. The Bertz CT molecular complexity index is 3380. The number of aromatic hydroxyl groups is 4. The molecule has 4 aromatic carbocycles. The van der Waals surface area contributed by atoms with Crippen molar-refractivity contribution in [1.29, 1.82) is 0 Å². The fourth-order valence-corrected chi connectivity index (χ4v) is 15.2. The number of phosphoric acid groups is 6. The van der Waals surface area contributed by atoms with E-state index in [2.05, 4.69) is 9.05 Å². The quantitative estimate of drug-likeness (QED) is 0.0105. The maximum absolute atomic E-state index is 12.8. The van der Waals surface area contributed by atoms with Gasteiger partial charge in [0, 0.05) is 12.8 Å². The molecule has 608 valence electrons. The molecule has 4 N–H and O–H groups in total. The number of phenolic OH excluding ortho intramolecular Hbond substituents is 4. The van der Waals surface area contributed by atoms with Crippen molar-refractivity contribution in [1.82, 2.24) is 0 Å². The Morgan fingerprint density at radius 2 is 0.630 bits per heavy atom. The number of phosphoric ester groups is 6. The predicted octanol–water partition coefficient (Wildman–Crippen LogP) is 16.4. The molecule has 4 rings (SSSR count). The van der Waals surface area contributed by atoms with Gasteiger partial charge in [-0.3, -0.25) is 82.0 Å². The molecule has 34 nitrogen and oxygen atoms in total. The number of ether oxygens (including phenoxy) is 2. The normalized spacial score (nSPS) is 13.1. The fourth-order valence-electron chi connectivity index (χ4n) is 8.18. The van der Waals surface area contributed by atoms with Gasteiger partial charge in [0.1, 0.15) is 59.0 Å². The summed E-state index contributed by atoms with van der Waals surface area (Å²) in [5.74, 6) is -2.51. The molecule has 0 fully saturated rings. The lowest BCUT2D eigenvalue weighted by atomic mass is 10.0. The summed E-state index contributed by atoms with van der Waals surface area (Å²) < 4.78 is 175. The predicted molar refractivity (Wildman–Crippen MR) is 394 cm³/mol. The molecule has 0 saturated heterocycles. The number of hydrogen-bond donors (Lipinski definition) is 4. The summed E-state index contributed by atoms with van der Waals surface area (Å²) >= 11 is 0. The van der Waals surface area contributed by atoms with Crippen LogP contribution in [0.15, 0.2) is 97.1 Å². The third-order valence-electron chi connectivity index (χ3n) is 12.7. The minimum Gasteiger partial charge on any atom is -0.507 e. The van der Waals surface area contributed by atoms with E-state index in [-0.39, 0.29) is 150 Å². The van der Waals surface area contributed by atoms with E-state index in [0.29, 0.717) is 37.7 Å². The average molecular weight is 1650 g/mol. The number of rotatable bonds is 54. The van der Waals surface area contributed by atoms with Crippen LogP contribution in [0.1, 0.15) is 162 Å². The molecule has 4 aromatic rings. The van der Waals surface area contributed by atoms with Crippen LogP contribution in [0, 0.1) is 25.1 Å². The zero-order chi connectivity index (χ0) is 80.9. The van der Waals surface area contributed by atoms with Crippen molar-refractivity contribution in [2.75, 3.05) is 106 Å². The highest BCUT2D eigenvalue weighted by atomic mass is 31.2. The summed E-state index contributed by atoms with van der Waals surface area (Å²) in [6.07, 6.45) is 14.5. The van der Waals surface area contributed by atoms with Gasteiger partial charge in [0.05, 0.1) is 116 Å². The van der Waals surface area contributed by atoms with Gasteiger partial charge in [0.2, 0.25) is 0 Å². The zero-order valence-electron chi connectivity index (χ0n) is 62.2. The minimum atomic E-state index is -4.15. The Labute approximate surface area is 631 Å². The minimum absolute atomic E-state index is 0.000173. The van der Waals surface area contributed by atoms with E-state index in [1.165, 1.54) is 61.5 Å². The Balaban J connectivity index is 0.000000727. The monoisotopic (exact) mass is 1650 g/mol. The topological polar surface area (TPSA) is 436 Å². The van der Waals surface area contributed by atoms with Gasteiger partial charge in [-0.05, 0) is 150 Å². The highest BCUT2D eigenvalue weighted by Crippen LogP contribution is 2.55. The molecule has 0 aliphatic heterocycles. The van der Waals surface area contributed by atoms with E-state index in [9.17, 15) is 67.0 Å². The van der Waals surface area contributed by atoms with Crippen LogP contribution in [0.25, 0.3) is 0 Å². The van der Waals surface area contributed by atoms with Crippen LogP contribution >= 0.6 is 46.9 Å². The molecule has 0 amide bonds. The molecule has 4 atom stereocenters. The van der Waals surface area contributed by atoms with Crippen molar-refractivity contribution < 1.29 is 158 Å². The number of phenols is 4. The highest BCUT2D eigenvalue weighted by molar-refractivity contribution is 7.50. The Hall–Kier alpha value is -6.18. The van der Waals surface area contributed by atoms with E-state index in [1.54, 1.807) is 117 Å². The lowest BCUT2D eigenvalue weighted by molar-refractivity contribution is -0.00230. The van der Waals surface area contributed by atoms with Gasteiger partial charge in [0.15, 0.2) is 11.6 Å². The number of unbranched alkanes of at least 4 members (excludes halogenated alkanes) is 3. The lowest BCUT2D eigenvalue weighted by Gasteiger charge is -2.24. The number of para-hydroxylation sites is 4. The van der Waals surface area contributed by atoms with E-state index >= 15 is 0 Å². The molecule has 4 unspecified atom stereocenters. The van der Waals surface area contributed by atoms with Crippen molar-refractivity contribution in [3.05, 3.63) is 119 Å². The number of carbonyl (C=O) groups excluding carboxylic acids is 4. The fraction of sp³-hybridized carbons (Fsp3) is 0.529. The molecule has 0 aromatic heterocycles. The van der Waals surface area contributed by atoms with E-state index in [4.69, 9.17) is 94.7 Å².